The van der Waals surface area contributed by atoms with Gasteiger partial charge in [-0.15, -0.1) is 18.8 Å². The third-order valence-electron chi connectivity index (χ3n) is 2.56. The van der Waals surface area contributed by atoms with Crippen molar-refractivity contribution in [1.82, 2.24) is 5.32 Å². The average Bonchev–Trinajstić information content (AvgIpc) is 2.04. The average molecular weight is 190 g/mol. The molecule has 0 aromatic carbocycles. The summed E-state index contributed by atoms with van der Waals surface area (Å²) >= 11 is 0. The van der Waals surface area contributed by atoms with E-state index in [9.17, 15) is 5.11 Å². The number of halogens is 1. The Morgan fingerprint density at radius 3 is 2.42 bits per heavy atom. The fraction of sp³-hybridized carbons (Fsp3) is 0.778. The lowest BCUT2D eigenvalue weighted by Crippen LogP contribution is -2.41. The van der Waals surface area contributed by atoms with E-state index < -0.39 is 6.10 Å². The predicted octanol–water partition coefficient (Wildman–Crippen LogP) is 0.792. The minimum atomic E-state index is -0.579. The number of hydrogen-bond donors (Lipinski definition) is 2. The molecule has 0 aromatic heterocycles. The van der Waals surface area contributed by atoms with Crippen LogP contribution in [0.4, 0.5) is 0 Å². The molecule has 2 N–H and O–H groups in total. The molecule has 1 atom stereocenters. The Labute approximate surface area is 80.1 Å². The van der Waals surface area contributed by atoms with Crippen LogP contribution in [-0.4, -0.2) is 24.3 Å². The SMILES string of the molecule is C#CC(O)C1(C)CCNCC1.Cl. The maximum absolute atomic E-state index is 9.48. The molecule has 1 unspecified atom stereocenters. The Balaban J connectivity index is 0.00000121. The molecule has 12 heavy (non-hydrogen) atoms. The van der Waals surface area contributed by atoms with Gasteiger partial charge >= 0.3 is 0 Å². The lowest BCUT2D eigenvalue weighted by molar-refractivity contribution is 0.0565. The van der Waals surface area contributed by atoms with Gasteiger partial charge in [0.05, 0.1) is 0 Å². The molecule has 1 heterocycles. The molecular weight excluding hydrogens is 174 g/mol. The third-order valence-corrected chi connectivity index (χ3v) is 2.56. The minimum Gasteiger partial charge on any atom is -0.380 e. The van der Waals surface area contributed by atoms with Crippen molar-refractivity contribution in [3.05, 3.63) is 0 Å². The van der Waals surface area contributed by atoms with Crippen molar-refractivity contribution in [3.63, 3.8) is 0 Å². The van der Waals surface area contributed by atoms with Gasteiger partial charge in [0.15, 0.2) is 0 Å². The van der Waals surface area contributed by atoms with Crippen LogP contribution in [-0.2, 0) is 0 Å². The Morgan fingerprint density at radius 1 is 1.50 bits per heavy atom. The quantitative estimate of drug-likeness (QED) is 0.598. The van der Waals surface area contributed by atoms with Crippen molar-refractivity contribution in [1.29, 1.82) is 0 Å². The van der Waals surface area contributed by atoms with Crippen molar-refractivity contribution in [3.8, 4) is 12.3 Å². The van der Waals surface area contributed by atoms with Gasteiger partial charge < -0.3 is 10.4 Å². The first-order valence-electron chi connectivity index (χ1n) is 4.04. The molecule has 0 bridgehead atoms. The van der Waals surface area contributed by atoms with Crippen LogP contribution >= 0.6 is 12.4 Å². The largest absolute Gasteiger partial charge is 0.380 e. The molecule has 0 saturated carbocycles. The van der Waals surface area contributed by atoms with E-state index in [0.29, 0.717) is 0 Å². The summed E-state index contributed by atoms with van der Waals surface area (Å²) in [5, 5.41) is 12.7. The molecule has 1 fully saturated rings. The predicted molar refractivity (Wildman–Crippen MR) is 52.3 cm³/mol. The summed E-state index contributed by atoms with van der Waals surface area (Å²) in [5.41, 5.74) is -0.0556. The standard InChI is InChI=1S/C9H15NO.ClH/c1-3-8(11)9(2)4-6-10-7-5-9;/h1,8,10-11H,4-7H2,2H3;1H. The second kappa shape index (κ2) is 4.71. The van der Waals surface area contributed by atoms with Gasteiger partial charge in [0, 0.05) is 5.41 Å². The van der Waals surface area contributed by atoms with Crippen LogP contribution in [0.3, 0.4) is 0 Å². The highest BCUT2D eigenvalue weighted by Crippen LogP contribution is 2.31. The van der Waals surface area contributed by atoms with Crippen LogP contribution in [0, 0.1) is 17.8 Å². The van der Waals surface area contributed by atoms with Crippen molar-refractivity contribution >= 4 is 12.4 Å². The molecular formula is C9H16ClNO. The van der Waals surface area contributed by atoms with Gasteiger partial charge in [0.2, 0.25) is 0 Å². The van der Waals surface area contributed by atoms with Gasteiger partial charge in [-0.2, -0.15) is 0 Å². The molecule has 0 radical (unpaired) electrons. The molecule has 1 aliphatic rings. The molecule has 1 rings (SSSR count). The zero-order valence-corrected chi connectivity index (χ0v) is 8.16. The smallest absolute Gasteiger partial charge is 0.119 e. The maximum atomic E-state index is 9.48. The Kier molecular flexibility index (Phi) is 4.62. The van der Waals surface area contributed by atoms with Gasteiger partial charge in [-0.25, -0.2) is 0 Å². The second-order valence-corrected chi connectivity index (χ2v) is 3.47. The van der Waals surface area contributed by atoms with Gasteiger partial charge in [-0.3, -0.25) is 0 Å². The number of rotatable bonds is 1. The zero-order valence-electron chi connectivity index (χ0n) is 7.34. The number of nitrogens with one attached hydrogen (secondary N) is 1. The van der Waals surface area contributed by atoms with Gasteiger partial charge in [-0.1, -0.05) is 12.8 Å². The Morgan fingerprint density at radius 2 is 2.00 bits per heavy atom. The van der Waals surface area contributed by atoms with Gasteiger partial charge in [0.25, 0.3) is 0 Å². The summed E-state index contributed by atoms with van der Waals surface area (Å²) in [6.45, 7) is 3.99. The third kappa shape index (κ3) is 2.38. The van der Waals surface area contributed by atoms with Gasteiger partial charge in [0.1, 0.15) is 6.10 Å². The van der Waals surface area contributed by atoms with E-state index in [2.05, 4.69) is 18.2 Å². The lowest BCUT2D eigenvalue weighted by Gasteiger charge is -2.35. The zero-order chi connectivity index (χ0) is 8.32. The lowest BCUT2D eigenvalue weighted by atomic mass is 9.76. The van der Waals surface area contributed by atoms with Crippen molar-refractivity contribution in [2.24, 2.45) is 5.41 Å². The first-order chi connectivity index (χ1) is 5.19. The normalized spacial score (nSPS) is 23.4. The van der Waals surface area contributed by atoms with E-state index in [0.717, 1.165) is 25.9 Å². The van der Waals surface area contributed by atoms with Gasteiger partial charge in [-0.05, 0) is 25.9 Å². The molecule has 0 amide bonds. The summed E-state index contributed by atoms with van der Waals surface area (Å²) in [6.07, 6.45) is 6.53. The fourth-order valence-corrected chi connectivity index (χ4v) is 1.47. The van der Waals surface area contributed by atoms with Crippen molar-refractivity contribution in [2.45, 2.75) is 25.9 Å². The molecule has 2 nitrogen and oxygen atoms in total. The number of hydrogen-bond acceptors (Lipinski definition) is 2. The molecule has 1 aliphatic heterocycles. The van der Waals surface area contributed by atoms with Crippen molar-refractivity contribution < 1.29 is 5.11 Å². The highest BCUT2D eigenvalue weighted by atomic mass is 35.5. The molecule has 3 heteroatoms. The summed E-state index contributed by atoms with van der Waals surface area (Å²) in [4.78, 5) is 0. The number of terminal acetylenes is 1. The van der Waals surface area contributed by atoms with Crippen LogP contribution in [0.1, 0.15) is 19.8 Å². The Hall–Kier alpha value is -0.230. The fourth-order valence-electron chi connectivity index (χ4n) is 1.47. The number of aliphatic hydroxyl groups excluding tert-OH is 1. The van der Waals surface area contributed by atoms with E-state index in [-0.39, 0.29) is 17.8 Å². The van der Waals surface area contributed by atoms with Crippen LogP contribution in [0.25, 0.3) is 0 Å². The summed E-state index contributed by atoms with van der Waals surface area (Å²) in [6, 6.07) is 0. The molecule has 70 valence electrons. The van der Waals surface area contributed by atoms with Crippen LogP contribution in [0.2, 0.25) is 0 Å². The van der Waals surface area contributed by atoms with Crippen LogP contribution in [0.15, 0.2) is 0 Å². The minimum absolute atomic E-state index is 0. The van der Waals surface area contributed by atoms with Crippen molar-refractivity contribution in [2.75, 3.05) is 13.1 Å². The molecule has 0 spiro atoms. The van der Waals surface area contributed by atoms with Crippen LogP contribution < -0.4 is 5.32 Å². The highest BCUT2D eigenvalue weighted by Gasteiger charge is 2.32. The first kappa shape index (κ1) is 11.8. The molecule has 1 saturated heterocycles. The highest BCUT2D eigenvalue weighted by molar-refractivity contribution is 5.85. The van der Waals surface area contributed by atoms with E-state index in [1.54, 1.807) is 0 Å². The number of piperidine rings is 1. The Bertz CT molecular complexity index is 170. The van der Waals surface area contributed by atoms with E-state index in [4.69, 9.17) is 6.42 Å². The van der Waals surface area contributed by atoms with E-state index in [1.807, 2.05) is 0 Å². The van der Waals surface area contributed by atoms with E-state index in [1.165, 1.54) is 0 Å². The molecule has 0 aliphatic carbocycles. The maximum Gasteiger partial charge on any atom is 0.119 e. The van der Waals surface area contributed by atoms with E-state index >= 15 is 0 Å². The summed E-state index contributed by atoms with van der Waals surface area (Å²) < 4.78 is 0. The summed E-state index contributed by atoms with van der Waals surface area (Å²) in [5.74, 6) is 2.40. The molecule has 0 aromatic rings. The van der Waals surface area contributed by atoms with Crippen LogP contribution in [0.5, 0.6) is 0 Å². The second-order valence-electron chi connectivity index (χ2n) is 3.47. The summed E-state index contributed by atoms with van der Waals surface area (Å²) in [7, 11) is 0. The first-order valence-corrected chi connectivity index (χ1v) is 4.04. The topological polar surface area (TPSA) is 32.3 Å². The monoisotopic (exact) mass is 189 g/mol. The number of aliphatic hydroxyl groups is 1.